The van der Waals surface area contributed by atoms with E-state index in [0.29, 0.717) is 5.57 Å². The molecule has 0 bridgehead atoms. The van der Waals surface area contributed by atoms with Gasteiger partial charge in [-0.2, -0.15) is 10.5 Å². The van der Waals surface area contributed by atoms with Gasteiger partial charge in [0.2, 0.25) is 0 Å². The van der Waals surface area contributed by atoms with Gasteiger partial charge in [-0.1, -0.05) is 20.4 Å². The van der Waals surface area contributed by atoms with E-state index in [9.17, 15) is 0 Å². The second-order valence-corrected chi connectivity index (χ2v) is 3.03. The molecule has 0 aromatic heterocycles. The molecule has 0 radical (unpaired) electrons. The maximum Gasteiger partial charge on any atom is 0.161 e. The molecule has 2 heteroatoms. The Morgan fingerprint density at radius 1 is 1.36 bits per heavy atom. The molecule has 0 fully saturated rings. The molecule has 0 unspecified atom stereocenters. The first kappa shape index (κ1) is 9.72. The Morgan fingerprint density at radius 2 is 1.73 bits per heavy atom. The molecule has 0 aliphatic carbocycles. The minimum absolute atomic E-state index is 0.180. The van der Waals surface area contributed by atoms with E-state index in [1.54, 1.807) is 6.92 Å². The zero-order valence-electron chi connectivity index (χ0n) is 7.18. The lowest BCUT2D eigenvalue weighted by Gasteiger charge is -2.18. The lowest BCUT2D eigenvalue weighted by atomic mass is 9.80. The van der Waals surface area contributed by atoms with Crippen LogP contribution in [0, 0.1) is 34.0 Å². The van der Waals surface area contributed by atoms with E-state index in [4.69, 9.17) is 10.5 Å². The third kappa shape index (κ3) is 1.82. The van der Waals surface area contributed by atoms with Gasteiger partial charge in [-0.3, -0.25) is 0 Å². The van der Waals surface area contributed by atoms with Crippen molar-refractivity contribution in [2.24, 2.45) is 11.3 Å². The Kier molecular flexibility index (Phi) is 2.84. The highest BCUT2D eigenvalue weighted by Gasteiger charge is 2.28. The first-order valence-electron chi connectivity index (χ1n) is 3.49. The molecule has 0 saturated carbocycles. The molecular formula is C9H12N2. The highest BCUT2D eigenvalue weighted by atomic mass is 14.4. The predicted octanol–water partition coefficient (Wildman–Crippen LogP) is 2.25. The van der Waals surface area contributed by atoms with Gasteiger partial charge in [0.1, 0.15) is 0 Å². The zero-order chi connectivity index (χ0) is 9.07. The fourth-order valence-corrected chi connectivity index (χ4v) is 0.746. The van der Waals surface area contributed by atoms with Gasteiger partial charge < -0.3 is 0 Å². The SMILES string of the molecule is C=C(C(C)C)C(C)(C#N)C#N. The second-order valence-electron chi connectivity index (χ2n) is 3.03. The monoisotopic (exact) mass is 148 g/mol. The average molecular weight is 148 g/mol. The number of nitrogens with zero attached hydrogens (tertiary/aromatic N) is 2. The molecule has 0 heterocycles. The van der Waals surface area contributed by atoms with E-state index in [1.807, 2.05) is 26.0 Å². The van der Waals surface area contributed by atoms with Crippen LogP contribution in [-0.2, 0) is 0 Å². The summed E-state index contributed by atoms with van der Waals surface area (Å²) < 4.78 is 0. The Labute approximate surface area is 67.8 Å². The van der Waals surface area contributed by atoms with Crippen LogP contribution in [0.25, 0.3) is 0 Å². The van der Waals surface area contributed by atoms with E-state index in [2.05, 4.69) is 6.58 Å². The zero-order valence-corrected chi connectivity index (χ0v) is 7.18. The van der Waals surface area contributed by atoms with Crippen LogP contribution in [0.2, 0.25) is 0 Å². The van der Waals surface area contributed by atoms with E-state index in [-0.39, 0.29) is 5.92 Å². The highest BCUT2D eigenvalue weighted by Crippen LogP contribution is 2.28. The van der Waals surface area contributed by atoms with E-state index < -0.39 is 5.41 Å². The summed E-state index contributed by atoms with van der Waals surface area (Å²) in [5.74, 6) is 0.180. The van der Waals surface area contributed by atoms with Crippen molar-refractivity contribution in [3.63, 3.8) is 0 Å². The van der Waals surface area contributed by atoms with Gasteiger partial charge in [0.25, 0.3) is 0 Å². The molecule has 11 heavy (non-hydrogen) atoms. The highest BCUT2D eigenvalue weighted by molar-refractivity contribution is 5.30. The molecule has 0 N–H and O–H groups in total. The summed E-state index contributed by atoms with van der Waals surface area (Å²) in [6, 6.07) is 3.90. The molecule has 0 aromatic carbocycles. The van der Waals surface area contributed by atoms with Crippen LogP contribution in [0.15, 0.2) is 12.2 Å². The van der Waals surface area contributed by atoms with Crippen LogP contribution >= 0.6 is 0 Å². The van der Waals surface area contributed by atoms with Crippen LogP contribution in [0.1, 0.15) is 20.8 Å². The third-order valence-electron chi connectivity index (χ3n) is 1.79. The molecule has 0 amide bonds. The van der Waals surface area contributed by atoms with Crippen molar-refractivity contribution in [3.8, 4) is 12.1 Å². The first-order valence-corrected chi connectivity index (χ1v) is 3.49. The summed E-state index contributed by atoms with van der Waals surface area (Å²) in [6.45, 7) is 9.17. The number of hydrogen-bond acceptors (Lipinski definition) is 2. The van der Waals surface area contributed by atoms with Crippen LogP contribution in [0.3, 0.4) is 0 Å². The minimum atomic E-state index is -1.02. The van der Waals surface area contributed by atoms with Gasteiger partial charge >= 0.3 is 0 Å². The summed E-state index contributed by atoms with van der Waals surface area (Å²) in [5, 5.41) is 17.3. The van der Waals surface area contributed by atoms with Gasteiger partial charge in [-0.15, -0.1) is 0 Å². The molecule has 2 nitrogen and oxygen atoms in total. The average Bonchev–Trinajstić information content (AvgIpc) is 2.01. The molecule has 0 spiro atoms. The second kappa shape index (κ2) is 3.21. The van der Waals surface area contributed by atoms with Gasteiger partial charge in [0.05, 0.1) is 12.1 Å². The third-order valence-corrected chi connectivity index (χ3v) is 1.79. The molecule has 0 saturated heterocycles. The van der Waals surface area contributed by atoms with Crippen LogP contribution in [0.5, 0.6) is 0 Å². The van der Waals surface area contributed by atoms with Gasteiger partial charge in [-0.05, 0) is 18.4 Å². The Hall–Kier alpha value is -1.28. The first-order chi connectivity index (χ1) is 4.98. The fraction of sp³-hybridized carbons (Fsp3) is 0.556. The van der Waals surface area contributed by atoms with Crippen molar-refractivity contribution < 1.29 is 0 Å². The quantitative estimate of drug-likeness (QED) is 0.564. The molecular weight excluding hydrogens is 136 g/mol. The summed E-state index contributed by atoms with van der Waals surface area (Å²) in [6.07, 6.45) is 0. The standard InChI is InChI=1S/C9H12N2/c1-7(2)8(3)9(4,5-10)6-11/h7H,3H2,1-2,4H3. The molecule has 0 rings (SSSR count). The van der Waals surface area contributed by atoms with Crippen molar-refractivity contribution in [2.45, 2.75) is 20.8 Å². The van der Waals surface area contributed by atoms with Crippen LogP contribution < -0.4 is 0 Å². The normalized spacial score (nSPS) is 10.4. The van der Waals surface area contributed by atoms with Crippen molar-refractivity contribution in [1.29, 1.82) is 10.5 Å². The van der Waals surface area contributed by atoms with E-state index >= 15 is 0 Å². The van der Waals surface area contributed by atoms with Crippen LogP contribution in [-0.4, -0.2) is 0 Å². The van der Waals surface area contributed by atoms with Gasteiger partial charge in [0.15, 0.2) is 5.41 Å². The lowest BCUT2D eigenvalue weighted by molar-refractivity contribution is 0.587. The van der Waals surface area contributed by atoms with Crippen molar-refractivity contribution >= 4 is 0 Å². The summed E-state index contributed by atoms with van der Waals surface area (Å²) in [4.78, 5) is 0. The van der Waals surface area contributed by atoms with Gasteiger partial charge in [-0.25, -0.2) is 0 Å². The number of allylic oxidation sites excluding steroid dienone is 1. The number of hydrogen-bond donors (Lipinski definition) is 0. The fourth-order valence-electron chi connectivity index (χ4n) is 0.746. The maximum atomic E-state index is 8.67. The van der Waals surface area contributed by atoms with Crippen molar-refractivity contribution in [2.75, 3.05) is 0 Å². The maximum absolute atomic E-state index is 8.67. The predicted molar refractivity (Wildman–Crippen MR) is 43.3 cm³/mol. The van der Waals surface area contributed by atoms with Gasteiger partial charge in [0, 0.05) is 0 Å². The van der Waals surface area contributed by atoms with Crippen molar-refractivity contribution in [1.82, 2.24) is 0 Å². The smallest absolute Gasteiger partial charge is 0.161 e. The summed E-state index contributed by atoms with van der Waals surface area (Å²) in [7, 11) is 0. The Balaban J connectivity index is 4.73. The minimum Gasteiger partial charge on any atom is -0.196 e. The largest absolute Gasteiger partial charge is 0.196 e. The summed E-state index contributed by atoms with van der Waals surface area (Å²) in [5.41, 5.74) is -0.337. The number of nitriles is 2. The molecule has 58 valence electrons. The van der Waals surface area contributed by atoms with Crippen LogP contribution in [0.4, 0.5) is 0 Å². The van der Waals surface area contributed by atoms with E-state index in [0.717, 1.165) is 0 Å². The number of rotatable bonds is 2. The Bertz CT molecular complexity index is 223. The Morgan fingerprint density at radius 3 is 1.82 bits per heavy atom. The van der Waals surface area contributed by atoms with Crippen molar-refractivity contribution in [3.05, 3.63) is 12.2 Å². The molecule has 0 atom stereocenters. The molecule has 0 aliphatic rings. The lowest BCUT2D eigenvalue weighted by Crippen LogP contribution is -2.17. The molecule has 0 aliphatic heterocycles. The van der Waals surface area contributed by atoms with E-state index in [1.165, 1.54) is 0 Å². The topological polar surface area (TPSA) is 47.6 Å². The molecule has 0 aromatic rings. The summed E-state index contributed by atoms with van der Waals surface area (Å²) >= 11 is 0.